The van der Waals surface area contributed by atoms with Crippen LogP contribution in [0.25, 0.3) is 6.08 Å². The largest absolute Gasteiger partial charge is 0.494 e. The average molecular weight is 248 g/mol. The molecule has 0 spiro atoms. The van der Waals surface area contributed by atoms with Crippen LogP contribution in [0.1, 0.15) is 18.9 Å². The first-order valence-electron chi connectivity index (χ1n) is 5.58. The van der Waals surface area contributed by atoms with Crippen molar-refractivity contribution in [3.8, 4) is 5.75 Å². The Hall–Kier alpha value is -2.17. The summed E-state index contributed by atoms with van der Waals surface area (Å²) in [7, 11) is 1.40. The van der Waals surface area contributed by atoms with Crippen molar-refractivity contribution in [3.05, 3.63) is 35.3 Å². The van der Waals surface area contributed by atoms with Crippen LogP contribution in [-0.4, -0.2) is 18.9 Å². The Morgan fingerprint density at radius 1 is 1.50 bits per heavy atom. The molecule has 1 aliphatic rings. The summed E-state index contributed by atoms with van der Waals surface area (Å²) in [6, 6.07) is 4.49. The normalized spacial score (nSPS) is 16.7. The second kappa shape index (κ2) is 5.00. The molecule has 1 aromatic carbocycles. The maximum atomic E-state index is 13.5. The van der Waals surface area contributed by atoms with Gasteiger partial charge in [0.1, 0.15) is 11.5 Å². The first-order chi connectivity index (χ1) is 8.63. The Kier molecular flexibility index (Phi) is 3.41. The molecule has 0 unspecified atom stereocenters. The van der Waals surface area contributed by atoms with Crippen LogP contribution in [0.15, 0.2) is 28.9 Å². The van der Waals surface area contributed by atoms with Crippen molar-refractivity contribution in [1.82, 2.24) is 5.32 Å². The van der Waals surface area contributed by atoms with E-state index in [4.69, 9.17) is 4.74 Å². The molecule has 1 aliphatic heterocycles. The number of hydrogen-bond acceptors (Lipinski definition) is 3. The van der Waals surface area contributed by atoms with Crippen molar-refractivity contribution in [2.45, 2.75) is 13.3 Å². The number of carbonyl (C=O) groups excluding carboxylic acids is 1. The van der Waals surface area contributed by atoms with Crippen LogP contribution >= 0.6 is 0 Å². The molecule has 0 aliphatic carbocycles. The molecule has 4 nitrogen and oxygen atoms in total. The third kappa shape index (κ3) is 2.40. The van der Waals surface area contributed by atoms with Gasteiger partial charge in [-0.05, 0) is 23.8 Å². The second-order valence-electron chi connectivity index (χ2n) is 3.79. The molecular weight excluding hydrogens is 235 g/mol. The number of rotatable bonds is 3. The van der Waals surface area contributed by atoms with Crippen LogP contribution in [0.3, 0.4) is 0 Å². The number of ether oxygens (including phenoxy) is 1. The Morgan fingerprint density at radius 2 is 2.28 bits per heavy atom. The number of halogens is 1. The Morgan fingerprint density at radius 3 is 2.83 bits per heavy atom. The smallest absolute Gasteiger partial charge is 0.275 e. The number of nitrogens with zero attached hydrogens (tertiary/aromatic N) is 1. The van der Waals surface area contributed by atoms with E-state index in [1.165, 1.54) is 19.2 Å². The molecule has 0 aromatic heterocycles. The van der Waals surface area contributed by atoms with Gasteiger partial charge in [0.15, 0.2) is 11.6 Å². The Labute approximate surface area is 104 Å². The number of amides is 1. The predicted molar refractivity (Wildman–Crippen MR) is 66.8 cm³/mol. The number of methoxy groups -OCH3 is 1. The van der Waals surface area contributed by atoms with Crippen LogP contribution in [-0.2, 0) is 4.79 Å². The predicted octanol–water partition coefficient (Wildman–Crippen LogP) is 2.11. The first-order valence-corrected chi connectivity index (χ1v) is 5.58. The minimum Gasteiger partial charge on any atom is -0.494 e. The van der Waals surface area contributed by atoms with Gasteiger partial charge in [-0.1, -0.05) is 13.0 Å². The maximum absolute atomic E-state index is 13.5. The van der Waals surface area contributed by atoms with Crippen LogP contribution in [0.5, 0.6) is 5.75 Å². The van der Waals surface area contributed by atoms with Crippen LogP contribution in [0.2, 0.25) is 0 Å². The van der Waals surface area contributed by atoms with Gasteiger partial charge in [0.05, 0.1) is 7.11 Å². The molecule has 94 valence electrons. The van der Waals surface area contributed by atoms with E-state index in [-0.39, 0.29) is 17.4 Å². The summed E-state index contributed by atoms with van der Waals surface area (Å²) in [5, 5.41) is 2.64. The van der Waals surface area contributed by atoms with Gasteiger partial charge in [-0.2, -0.15) is 0 Å². The molecule has 0 atom stereocenters. The van der Waals surface area contributed by atoms with Crippen molar-refractivity contribution >= 4 is 17.8 Å². The lowest BCUT2D eigenvalue weighted by Crippen LogP contribution is -2.22. The molecule has 0 saturated carbocycles. The van der Waals surface area contributed by atoms with Crippen molar-refractivity contribution in [1.29, 1.82) is 0 Å². The first kappa shape index (κ1) is 12.3. The summed E-state index contributed by atoms with van der Waals surface area (Å²) in [6.45, 7) is 1.90. The molecule has 18 heavy (non-hydrogen) atoms. The fraction of sp³-hybridized carbons (Fsp3) is 0.231. The third-order valence-corrected chi connectivity index (χ3v) is 2.56. The summed E-state index contributed by atoms with van der Waals surface area (Å²) in [4.78, 5) is 15.7. The number of nitrogens with one attached hydrogen (secondary N) is 1. The highest BCUT2D eigenvalue weighted by molar-refractivity contribution is 6.14. The van der Waals surface area contributed by atoms with Crippen molar-refractivity contribution in [2.24, 2.45) is 4.99 Å². The van der Waals surface area contributed by atoms with E-state index in [1.54, 1.807) is 12.1 Å². The van der Waals surface area contributed by atoms with Crippen molar-refractivity contribution in [3.63, 3.8) is 0 Å². The average Bonchev–Trinajstić information content (AvgIpc) is 2.70. The molecule has 5 heteroatoms. The number of aliphatic imine (C=N–C) groups is 1. The summed E-state index contributed by atoms with van der Waals surface area (Å²) < 4.78 is 18.3. The Balaban J connectivity index is 2.31. The molecule has 1 aromatic rings. The number of hydrogen-bond donors (Lipinski definition) is 1. The van der Waals surface area contributed by atoms with Gasteiger partial charge in [0.2, 0.25) is 0 Å². The van der Waals surface area contributed by atoms with E-state index in [2.05, 4.69) is 10.3 Å². The highest BCUT2D eigenvalue weighted by atomic mass is 19.1. The fourth-order valence-corrected chi connectivity index (χ4v) is 1.61. The quantitative estimate of drug-likeness (QED) is 0.833. The van der Waals surface area contributed by atoms with E-state index in [0.717, 1.165) is 0 Å². The summed E-state index contributed by atoms with van der Waals surface area (Å²) in [5.41, 5.74) is 0.857. The van der Waals surface area contributed by atoms with Crippen molar-refractivity contribution in [2.75, 3.05) is 7.11 Å². The maximum Gasteiger partial charge on any atom is 0.275 e. The van der Waals surface area contributed by atoms with Crippen molar-refractivity contribution < 1.29 is 13.9 Å². The van der Waals surface area contributed by atoms with E-state index >= 15 is 0 Å². The number of benzene rings is 1. The number of carbonyl (C=O) groups is 1. The molecule has 0 fully saturated rings. The van der Waals surface area contributed by atoms with E-state index < -0.39 is 5.82 Å². The summed E-state index contributed by atoms with van der Waals surface area (Å²) >= 11 is 0. The van der Waals surface area contributed by atoms with Gasteiger partial charge in [0.25, 0.3) is 5.91 Å². The molecule has 0 saturated heterocycles. The summed E-state index contributed by atoms with van der Waals surface area (Å²) in [5.74, 6) is 0.0685. The van der Waals surface area contributed by atoms with Gasteiger partial charge in [-0.25, -0.2) is 9.38 Å². The highest BCUT2D eigenvalue weighted by Crippen LogP contribution is 2.20. The molecule has 2 rings (SSSR count). The van der Waals surface area contributed by atoms with Crippen LogP contribution in [0.4, 0.5) is 4.39 Å². The highest BCUT2D eigenvalue weighted by Gasteiger charge is 2.18. The van der Waals surface area contributed by atoms with Crippen LogP contribution < -0.4 is 10.1 Å². The number of amidine groups is 1. The molecule has 0 radical (unpaired) electrons. The van der Waals surface area contributed by atoms with E-state index in [1.807, 2.05) is 6.92 Å². The Bertz CT molecular complexity index is 550. The summed E-state index contributed by atoms with van der Waals surface area (Å²) in [6.07, 6.45) is 2.20. The van der Waals surface area contributed by atoms with Crippen LogP contribution in [0, 0.1) is 5.82 Å². The van der Waals surface area contributed by atoms with Gasteiger partial charge in [0, 0.05) is 6.42 Å². The topological polar surface area (TPSA) is 50.7 Å². The molecule has 1 N–H and O–H groups in total. The third-order valence-electron chi connectivity index (χ3n) is 2.56. The second-order valence-corrected chi connectivity index (χ2v) is 3.79. The molecule has 0 bridgehead atoms. The standard InChI is InChI=1S/C13H13FN2O2/c1-3-12-15-10(13(17)16-12)7-8-4-5-11(18-2)9(14)6-8/h4-7H,3H2,1-2H3,(H,15,16,17)/b10-7+. The molecular formula is C13H13FN2O2. The lowest BCUT2D eigenvalue weighted by atomic mass is 10.2. The zero-order chi connectivity index (χ0) is 13.1. The van der Waals surface area contributed by atoms with Gasteiger partial charge in [-0.3, -0.25) is 4.79 Å². The zero-order valence-electron chi connectivity index (χ0n) is 10.2. The van der Waals surface area contributed by atoms with Gasteiger partial charge >= 0.3 is 0 Å². The minimum absolute atomic E-state index is 0.172. The lowest BCUT2D eigenvalue weighted by molar-refractivity contribution is -0.115. The lowest BCUT2D eigenvalue weighted by Gasteiger charge is -2.02. The molecule has 1 amide bonds. The zero-order valence-corrected chi connectivity index (χ0v) is 10.2. The van der Waals surface area contributed by atoms with Gasteiger partial charge in [-0.15, -0.1) is 0 Å². The van der Waals surface area contributed by atoms with E-state index in [9.17, 15) is 9.18 Å². The van der Waals surface area contributed by atoms with E-state index in [0.29, 0.717) is 17.8 Å². The SMILES string of the molecule is CCC1=N/C(=C/c2ccc(OC)c(F)c2)C(=O)N1. The van der Waals surface area contributed by atoms with Gasteiger partial charge < -0.3 is 10.1 Å². The molecule has 1 heterocycles. The minimum atomic E-state index is -0.468. The monoisotopic (exact) mass is 248 g/mol. The fourth-order valence-electron chi connectivity index (χ4n) is 1.61.